The Morgan fingerprint density at radius 2 is 1.64 bits per heavy atom. The van der Waals surface area contributed by atoms with Crippen molar-refractivity contribution in [1.82, 2.24) is 10.2 Å². The second kappa shape index (κ2) is 9.94. The molecule has 0 aromatic heterocycles. The van der Waals surface area contributed by atoms with Gasteiger partial charge in [0.25, 0.3) is 5.91 Å². The Bertz CT molecular complexity index is 1050. The summed E-state index contributed by atoms with van der Waals surface area (Å²) in [6.45, 7) is 0.344. The normalized spacial score (nSPS) is 19.8. The Morgan fingerprint density at radius 1 is 0.970 bits per heavy atom. The van der Waals surface area contributed by atoms with Gasteiger partial charge in [-0.3, -0.25) is 24.1 Å². The average Bonchev–Trinajstić information content (AvgIpc) is 3.06. The highest BCUT2D eigenvalue weighted by Gasteiger charge is 2.47. The van der Waals surface area contributed by atoms with Crippen molar-refractivity contribution in [2.24, 2.45) is 11.8 Å². The van der Waals surface area contributed by atoms with E-state index in [2.05, 4.69) is 10.6 Å². The van der Waals surface area contributed by atoms with E-state index < -0.39 is 5.82 Å². The number of nitrogens with one attached hydrogen (secondary N) is 2. The van der Waals surface area contributed by atoms with Crippen molar-refractivity contribution >= 4 is 29.3 Å². The molecule has 2 aromatic carbocycles. The van der Waals surface area contributed by atoms with Gasteiger partial charge in [-0.05, 0) is 54.8 Å². The second-order valence-corrected chi connectivity index (χ2v) is 8.51. The molecule has 4 amide bonds. The first-order chi connectivity index (χ1) is 15.9. The number of benzene rings is 2. The van der Waals surface area contributed by atoms with Gasteiger partial charge in [-0.15, -0.1) is 0 Å². The fraction of sp³-hybridized carbons (Fsp3) is 0.360. The summed E-state index contributed by atoms with van der Waals surface area (Å²) in [6, 6.07) is 12.3. The smallest absolute Gasteiger partial charge is 0.255 e. The molecule has 0 bridgehead atoms. The van der Waals surface area contributed by atoms with Crippen LogP contribution in [0.5, 0.6) is 0 Å². The quantitative estimate of drug-likeness (QED) is 0.632. The predicted octanol–water partition coefficient (Wildman–Crippen LogP) is 3.26. The summed E-state index contributed by atoms with van der Waals surface area (Å²) in [5.74, 6) is -1.72. The van der Waals surface area contributed by atoms with Crippen LogP contribution in [0.2, 0.25) is 0 Å². The Kier molecular flexibility index (Phi) is 6.82. The molecule has 2 atom stereocenters. The highest BCUT2D eigenvalue weighted by atomic mass is 19.1. The van der Waals surface area contributed by atoms with Crippen molar-refractivity contribution in [2.75, 3.05) is 11.9 Å². The fourth-order valence-electron chi connectivity index (χ4n) is 4.52. The number of anilines is 1. The van der Waals surface area contributed by atoms with E-state index in [0.717, 1.165) is 31.2 Å². The lowest BCUT2D eigenvalue weighted by Gasteiger charge is -2.19. The summed E-state index contributed by atoms with van der Waals surface area (Å²) in [4.78, 5) is 50.9. The van der Waals surface area contributed by atoms with E-state index in [1.165, 1.54) is 29.2 Å². The number of hydrogen-bond acceptors (Lipinski definition) is 4. The lowest BCUT2D eigenvalue weighted by atomic mass is 9.81. The van der Waals surface area contributed by atoms with Crippen molar-refractivity contribution < 1.29 is 23.6 Å². The number of carbonyl (C=O) groups excluding carboxylic acids is 4. The SMILES string of the molecule is O=C(CCN1C(=O)C2CCCCC2C1=O)NCc1cccc(NC(=O)c2ccc(F)cc2)c1. The number of halogens is 1. The van der Waals surface area contributed by atoms with Crippen LogP contribution in [0.15, 0.2) is 48.5 Å². The largest absolute Gasteiger partial charge is 0.352 e. The first kappa shape index (κ1) is 22.6. The molecular weight excluding hydrogens is 425 g/mol. The van der Waals surface area contributed by atoms with Crippen molar-refractivity contribution in [3.63, 3.8) is 0 Å². The Balaban J connectivity index is 1.26. The highest BCUT2D eigenvalue weighted by Crippen LogP contribution is 2.37. The van der Waals surface area contributed by atoms with Crippen LogP contribution in [0.1, 0.15) is 48.0 Å². The maximum absolute atomic E-state index is 13.0. The third-order valence-electron chi connectivity index (χ3n) is 6.28. The number of amides is 4. The van der Waals surface area contributed by atoms with Gasteiger partial charge in [0.05, 0.1) is 11.8 Å². The minimum atomic E-state index is -0.416. The van der Waals surface area contributed by atoms with E-state index in [0.29, 0.717) is 11.3 Å². The molecule has 0 radical (unpaired) electrons. The molecule has 2 aromatic rings. The molecule has 1 saturated heterocycles. The summed E-state index contributed by atoms with van der Waals surface area (Å²) in [7, 11) is 0. The molecule has 1 heterocycles. The van der Waals surface area contributed by atoms with Gasteiger partial charge in [0, 0.05) is 30.8 Å². The van der Waals surface area contributed by atoms with Crippen molar-refractivity contribution in [2.45, 2.75) is 38.6 Å². The minimum absolute atomic E-state index is 0.0535. The van der Waals surface area contributed by atoms with E-state index in [1.807, 2.05) is 6.07 Å². The molecular formula is C25H26FN3O4. The Hall–Kier alpha value is -3.55. The third-order valence-corrected chi connectivity index (χ3v) is 6.28. The lowest BCUT2D eigenvalue weighted by molar-refractivity contribution is -0.140. The maximum atomic E-state index is 13.0. The van der Waals surface area contributed by atoms with Gasteiger partial charge in [-0.25, -0.2) is 4.39 Å². The van der Waals surface area contributed by atoms with Gasteiger partial charge in [0.15, 0.2) is 0 Å². The van der Waals surface area contributed by atoms with Crippen molar-refractivity contribution in [3.05, 3.63) is 65.5 Å². The topological polar surface area (TPSA) is 95.6 Å². The zero-order valence-electron chi connectivity index (χ0n) is 18.2. The van der Waals surface area contributed by atoms with E-state index in [9.17, 15) is 23.6 Å². The summed E-state index contributed by atoms with van der Waals surface area (Å²) in [6.07, 6.45) is 3.51. The van der Waals surface area contributed by atoms with Crippen LogP contribution in [0.3, 0.4) is 0 Å². The van der Waals surface area contributed by atoms with Crippen LogP contribution < -0.4 is 10.6 Å². The molecule has 2 unspecified atom stereocenters. The first-order valence-corrected chi connectivity index (χ1v) is 11.2. The number of nitrogens with zero attached hydrogens (tertiary/aromatic N) is 1. The molecule has 2 N–H and O–H groups in total. The lowest BCUT2D eigenvalue weighted by Crippen LogP contribution is -2.35. The maximum Gasteiger partial charge on any atom is 0.255 e. The fourth-order valence-corrected chi connectivity index (χ4v) is 4.52. The molecule has 0 spiro atoms. The van der Waals surface area contributed by atoms with E-state index in [-0.39, 0.29) is 55.0 Å². The monoisotopic (exact) mass is 451 g/mol. The molecule has 1 saturated carbocycles. The van der Waals surface area contributed by atoms with Crippen LogP contribution in [0, 0.1) is 17.7 Å². The molecule has 33 heavy (non-hydrogen) atoms. The molecule has 8 heteroatoms. The first-order valence-electron chi connectivity index (χ1n) is 11.2. The Morgan fingerprint density at radius 3 is 2.30 bits per heavy atom. The number of imide groups is 1. The number of likely N-dealkylation sites (tertiary alicyclic amines) is 1. The van der Waals surface area contributed by atoms with Crippen molar-refractivity contribution in [1.29, 1.82) is 0 Å². The van der Waals surface area contributed by atoms with Gasteiger partial charge >= 0.3 is 0 Å². The molecule has 1 aliphatic carbocycles. The molecule has 2 fully saturated rings. The molecule has 7 nitrogen and oxygen atoms in total. The van der Waals surface area contributed by atoms with E-state index in [1.54, 1.807) is 18.2 Å². The number of fused-ring (bicyclic) bond motifs is 1. The zero-order valence-corrected chi connectivity index (χ0v) is 18.2. The average molecular weight is 451 g/mol. The number of hydrogen-bond donors (Lipinski definition) is 2. The van der Waals surface area contributed by atoms with Crippen LogP contribution >= 0.6 is 0 Å². The molecule has 1 aliphatic heterocycles. The van der Waals surface area contributed by atoms with E-state index >= 15 is 0 Å². The predicted molar refractivity (Wildman–Crippen MR) is 119 cm³/mol. The van der Waals surface area contributed by atoms with Gasteiger partial charge in [0.1, 0.15) is 5.82 Å². The van der Waals surface area contributed by atoms with Gasteiger partial charge < -0.3 is 10.6 Å². The third kappa shape index (κ3) is 5.27. The minimum Gasteiger partial charge on any atom is -0.352 e. The zero-order chi connectivity index (χ0) is 23.4. The van der Waals surface area contributed by atoms with E-state index in [4.69, 9.17) is 0 Å². The van der Waals surface area contributed by atoms with Crippen LogP contribution in [-0.2, 0) is 20.9 Å². The molecule has 172 valence electrons. The van der Waals surface area contributed by atoms with Gasteiger partial charge in [-0.2, -0.15) is 0 Å². The standard InChI is InChI=1S/C25H26FN3O4/c26-18-10-8-17(9-11-18)23(31)28-19-5-3-4-16(14-19)15-27-22(30)12-13-29-24(32)20-6-1-2-7-21(20)25(29)33/h3-5,8-11,14,20-21H,1-2,6-7,12-13,15H2,(H,27,30)(H,28,31). The van der Waals surface area contributed by atoms with Crippen LogP contribution in [-0.4, -0.2) is 35.1 Å². The van der Waals surface area contributed by atoms with Gasteiger partial charge in [-0.1, -0.05) is 25.0 Å². The van der Waals surface area contributed by atoms with Crippen molar-refractivity contribution in [3.8, 4) is 0 Å². The Labute approximate surface area is 191 Å². The van der Waals surface area contributed by atoms with Crippen LogP contribution in [0.25, 0.3) is 0 Å². The molecule has 4 rings (SSSR count). The number of rotatable bonds is 7. The summed E-state index contributed by atoms with van der Waals surface area (Å²) in [5.41, 5.74) is 1.66. The van der Waals surface area contributed by atoms with Gasteiger partial charge in [0.2, 0.25) is 17.7 Å². The number of carbonyl (C=O) groups is 4. The second-order valence-electron chi connectivity index (χ2n) is 8.51. The van der Waals surface area contributed by atoms with Crippen LogP contribution in [0.4, 0.5) is 10.1 Å². The summed E-state index contributed by atoms with van der Waals surface area (Å²) >= 11 is 0. The molecule has 2 aliphatic rings. The summed E-state index contributed by atoms with van der Waals surface area (Å²) < 4.78 is 13.0. The highest BCUT2D eigenvalue weighted by molar-refractivity contribution is 6.05. The summed E-state index contributed by atoms with van der Waals surface area (Å²) in [5, 5.41) is 5.54.